The number of rotatable bonds is 8. The van der Waals surface area contributed by atoms with E-state index in [-0.39, 0.29) is 24.0 Å². The molecule has 4 heterocycles. The Morgan fingerprint density at radius 1 is 0.784 bits per heavy atom. The first-order valence-electron chi connectivity index (χ1n) is 11.9. The molecule has 0 aliphatic carbocycles. The summed E-state index contributed by atoms with van der Waals surface area (Å²) in [5.41, 5.74) is -2.40. The van der Waals surface area contributed by atoms with Crippen molar-refractivity contribution in [3.8, 4) is 0 Å². The topological polar surface area (TPSA) is 218 Å². The molecule has 2 fully saturated rings. The molecule has 0 unspecified atom stereocenters. The van der Waals surface area contributed by atoms with E-state index in [0.29, 0.717) is 0 Å². The maximum atomic E-state index is 12.6. The quantitative estimate of drug-likeness (QED) is 0.198. The summed E-state index contributed by atoms with van der Waals surface area (Å²) in [6, 6.07) is 0. The number of aryl methyl sites for hydroxylation is 2. The van der Waals surface area contributed by atoms with Crippen LogP contribution >= 0.6 is 0 Å². The van der Waals surface area contributed by atoms with Gasteiger partial charge in [0.2, 0.25) is 0 Å². The van der Waals surface area contributed by atoms with Crippen LogP contribution in [0, 0.1) is 0 Å². The SMILES string of the molecule is CCc1cn([C@@H]2O[C@H](CO)[C@@H](O)[C@H]2O[C@@H]2[C@H](O)[C@@H](CO)O[C@H]2n2cc(CC)c(=O)[nH]c2=O)c(=O)[nH]c1=O. The van der Waals surface area contributed by atoms with Gasteiger partial charge in [-0.2, -0.15) is 0 Å². The minimum atomic E-state index is -1.50. The number of aliphatic hydroxyl groups excluding tert-OH is 4. The fourth-order valence-corrected chi connectivity index (χ4v) is 4.60. The van der Waals surface area contributed by atoms with Gasteiger partial charge in [0.25, 0.3) is 11.1 Å². The molecular weight excluding hydrogens is 496 g/mol. The summed E-state index contributed by atoms with van der Waals surface area (Å²) in [5.74, 6) is 0. The lowest BCUT2D eigenvalue weighted by atomic mass is 10.1. The zero-order valence-corrected chi connectivity index (χ0v) is 20.1. The predicted molar refractivity (Wildman–Crippen MR) is 124 cm³/mol. The number of ether oxygens (including phenoxy) is 3. The summed E-state index contributed by atoms with van der Waals surface area (Å²) < 4.78 is 19.4. The molecule has 0 saturated carbocycles. The first kappa shape index (κ1) is 27.1. The molecule has 37 heavy (non-hydrogen) atoms. The summed E-state index contributed by atoms with van der Waals surface area (Å²) in [6.45, 7) is 2.13. The van der Waals surface area contributed by atoms with Crippen LogP contribution in [0.3, 0.4) is 0 Å². The van der Waals surface area contributed by atoms with Crippen LogP contribution < -0.4 is 22.5 Å². The van der Waals surface area contributed by atoms with Crippen molar-refractivity contribution in [1.82, 2.24) is 19.1 Å². The van der Waals surface area contributed by atoms with Crippen molar-refractivity contribution in [3.05, 3.63) is 65.2 Å². The smallest absolute Gasteiger partial charge is 0.330 e. The van der Waals surface area contributed by atoms with E-state index in [9.17, 15) is 39.6 Å². The fourth-order valence-electron chi connectivity index (χ4n) is 4.60. The van der Waals surface area contributed by atoms with Gasteiger partial charge in [0, 0.05) is 23.5 Å². The van der Waals surface area contributed by atoms with E-state index < -0.39 is 84.8 Å². The lowest BCUT2D eigenvalue weighted by Gasteiger charge is -2.29. The summed E-state index contributed by atoms with van der Waals surface area (Å²) >= 11 is 0. The Morgan fingerprint density at radius 2 is 1.16 bits per heavy atom. The van der Waals surface area contributed by atoms with Gasteiger partial charge < -0.3 is 34.6 Å². The number of aliphatic hydroxyl groups is 4. The van der Waals surface area contributed by atoms with E-state index in [1.54, 1.807) is 13.8 Å². The number of hydrogen-bond donors (Lipinski definition) is 6. The zero-order chi connectivity index (χ0) is 27.0. The Morgan fingerprint density at radius 3 is 1.49 bits per heavy atom. The number of nitrogens with one attached hydrogen (secondary N) is 2. The monoisotopic (exact) mass is 526 g/mol. The Hall–Kier alpha value is -2.92. The molecule has 15 heteroatoms. The van der Waals surface area contributed by atoms with Crippen LogP contribution in [0.4, 0.5) is 0 Å². The predicted octanol–water partition coefficient (Wildman–Crippen LogP) is -3.53. The molecule has 15 nitrogen and oxygen atoms in total. The number of hydrogen-bond acceptors (Lipinski definition) is 11. The second kappa shape index (κ2) is 10.8. The highest BCUT2D eigenvalue weighted by atomic mass is 16.6. The van der Waals surface area contributed by atoms with E-state index in [0.717, 1.165) is 9.13 Å². The maximum absolute atomic E-state index is 12.6. The van der Waals surface area contributed by atoms with E-state index in [2.05, 4.69) is 9.97 Å². The molecule has 0 amide bonds. The molecule has 2 aliphatic heterocycles. The third-order valence-corrected chi connectivity index (χ3v) is 6.69. The number of nitrogens with zero attached hydrogens (tertiary/aromatic N) is 2. The second-order valence-electron chi connectivity index (χ2n) is 8.89. The molecular formula is C22H30N4O11. The first-order valence-corrected chi connectivity index (χ1v) is 11.9. The molecule has 2 aliphatic rings. The Balaban J connectivity index is 1.76. The van der Waals surface area contributed by atoms with Crippen molar-refractivity contribution in [3.63, 3.8) is 0 Å². The van der Waals surface area contributed by atoms with Crippen molar-refractivity contribution in [2.75, 3.05) is 13.2 Å². The van der Waals surface area contributed by atoms with Crippen molar-refractivity contribution < 1.29 is 34.6 Å². The normalized spacial score (nSPS) is 31.7. The zero-order valence-electron chi connectivity index (χ0n) is 20.1. The van der Waals surface area contributed by atoms with Crippen LogP contribution in [0.1, 0.15) is 37.4 Å². The maximum Gasteiger partial charge on any atom is 0.330 e. The molecule has 0 radical (unpaired) electrons. The largest absolute Gasteiger partial charge is 0.394 e. The van der Waals surface area contributed by atoms with Gasteiger partial charge in [0.15, 0.2) is 12.5 Å². The van der Waals surface area contributed by atoms with Crippen molar-refractivity contribution in [1.29, 1.82) is 0 Å². The highest BCUT2D eigenvalue weighted by Crippen LogP contribution is 2.37. The minimum absolute atomic E-state index is 0.248. The van der Waals surface area contributed by atoms with E-state index in [1.165, 1.54) is 12.4 Å². The Bertz CT molecular complexity index is 1250. The number of aromatic nitrogens is 4. The van der Waals surface area contributed by atoms with Crippen molar-refractivity contribution in [2.24, 2.45) is 0 Å². The summed E-state index contributed by atoms with van der Waals surface area (Å²) in [6.07, 6.45) is -7.78. The van der Waals surface area contributed by atoms with E-state index >= 15 is 0 Å². The van der Waals surface area contributed by atoms with Crippen LogP contribution in [-0.2, 0) is 27.1 Å². The lowest BCUT2D eigenvalue weighted by Crippen LogP contribution is -2.47. The van der Waals surface area contributed by atoms with Gasteiger partial charge in [0.05, 0.1) is 13.2 Å². The van der Waals surface area contributed by atoms with Crippen LogP contribution in [0.25, 0.3) is 0 Å². The number of H-pyrrole nitrogens is 2. The fraction of sp³-hybridized carbons (Fsp3) is 0.636. The molecule has 204 valence electrons. The highest BCUT2D eigenvalue weighted by Gasteiger charge is 2.52. The molecule has 8 atom stereocenters. The molecule has 0 aromatic carbocycles. The Labute approximate surface area is 208 Å². The third kappa shape index (κ3) is 4.86. The summed E-state index contributed by atoms with van der Waals surface area (Å²) in [5, 5.41) is 41.1. The molecule has 0 spiro atoms. The van der Waals surface area contributed by atoms with Gasteiger partial charge in [-0.1, -0.05) is 13.8 Å². The van der Waals surface area contributed by atoms with Gasteiger partial charge >= 0.3 is 11.4 Å². The molecule has 2 aromatic rings. The summed E-state index contributed by atoms with van der Waals surface area (Å²) in [4.78, 5) is 53.7. The van der Waals surface area contributed by atoms with Gasteiger partial charge in [0.1, 0.15) is 36.6 Å². The van der Waals surface area contributed by atoms with Crippen LogP contribution in [-0.4, -0.2) is 89.4 Å². The lowest BCUT2D eigenvalue weighted by molar-refractivity contribution is -0.148. The van der Waals surface area contributed by atoms with Crippen LogP contribution in [0.5, 0.6) is 0 Å². The standard InChI is InChI=1S/C22H30N4O11/c1-3-9-5-25(21(33)23-17(9)31)19-15(13(29)11(7-27)35-19)37-16-14(30)12(8-28)36-20(16)26-6-10(4-2)18(32)24-22(26)34/h5-6,11-16,19-20,27-30H,3-4,7-8H2,1-2H3,(H,23,31,33)(H,24,32,34)/t11-,12-,13-,14-,15-,16-,19-,20-/m1/s1. The Kier molecular flexibility index (Phi) is 7.94. The molecule has 4 rings (SSSR count). The van der Waals surface area contributed by atoms with Crippen molar-refractivity contribution >= 4 is 0 Å². The molecule has 0 bridgehead atoms. The average Bonchev–Trinajstić information content (AvgIpc) is 3.35. The van der Waals surface area contributed by atoms with Gasteiger partial charge in [-0.15, -0.1) is 0 Å². The van der Waals surface area contributed by atoms with Gasteiger partial charge in [-0.25, -0.2) is 9.59 Å². The minimum Gasteiger partial charge on any atom is -0.394 e. The summed E-state index contributed by atoms with van der Waals surface area (Å²) in [7, 11) is 0. The van der Waals surface area contributed by atoms with Crippen molar-refractivity contribution in [2.45, 2.75) is 75.8 Å². The highest BCUT2D eigenvalue weighted by molar-refractivity contribution is 5.08. The third-order valence-electron chi connectivity index (χ3n) is 6.69. The van der Waals surface area contributed by atoms with E-state index in [4.69, 9.17) is 14.2 Å². The second-order valence-corrected chi connectivity index (χ2v) is 8.89. The molecule has 6 N–H and O–H groups in total. The van der Waals surface area contributed by atoms with Crippen LogP contribution in [0.15, 0.2) is 31.6 Å². The van der Waals surface area contributed by atoms with Gasteiger partial charge in [-0.3, -0.25) is 28.7 Å². The van der Waals surface area contributed by atoms with Gasteiger partial charge in [-0.05, 0) is 12.8 Å². The first-order chi connectivity index (χ1) is 17.6. The average molecular weight is 526 g/mol. The van der Waals surface area contributed by atoms with E-state index in [1.807, 2.05) is 0 Å². The molecule has 2 saturated heterocycles. The van der Waals surface area contributed by atoms with Crippen LogP contribution in [0.2, 0.25) is 0 Å². The number of aromatic amines is 2. The molecule has 2 aromatic heterocycles.